The Morgan fingerprint density at radius 2 is 1.66 bits per heavy atom. The zero-order chi connectivity index (χ0) is 19.7. The quantitative estimate of drug-likeness (QED) is 0.798. The number of hydrogen-bond acceptors (Lipinski definition) is 6. The predicted molar refractivity (Wildman–Crippen MR) is 124 cm³/mol. The van der Waals surface area contributed by atoms with Gasteiger partial charge >= 0.3 is 0 Å². The Morgan fingerprint density at radius 1 is 0.966 bits per heavy atom. The normalized spacial score (nSPS) is 18.8. The average Bonchev–Trinajstić information content (AvgIpc) is 3.20. The van der Waals surface area contributed by atoms with Crippen molar-refractivity contribution in [2.45, 2.75) is 39.9 Å². The molecule has 2 aliphatic heterocycles. The first-order valence-electron chi connectivity index (χ1n) is 9.88. The number of nitrogens with zero attached hydrogens (tertiary/aromatic N) is 4. The fraction of sp³-hybridized carbons (Fsp3) is 0.364. The van der Waals surface area contributed by atoms with E-state index in [1.807, 2.05) is 0 Å². The summed E-state index contributed by atoms with van der Waals surface area (Å²) < 4.78 is 0. The van der Waals surface area contributed by atoms with Crippen molar-refractivity contribution in [1.29, 1.82) is 0 Å². The lowest BCUT2D eigenvalue weighted by atomic mass is 10.1. The standard InChI is InChI=1S/C22H28N6.ClH/c1-15-6-10-19(11-7-15)28-21(24-18-9-8-16(2)17(3)14-18)25-20(23)26-22(28)27-12-4-5-13-27;/h6-11,14,21,24H,4-5,12-13H2,1-3H3,(H2,23,25);1H. The van der Waals surface area contributed by atoms with Crippen LogP contribution in [-0.4, -0.2) is 36.2 Å². The number of hydrogen-bond donors (Lipinski definition) is 2. The van der Waals surface area contributed by atoms with Crippen molar-refractivity contribution in [2.75, 3.05) is 23.3 Å². The number of aliphatic imine (C=N–C) groups is 2. The second-order valence-corrected chi connectivity index (χ2v) is 7.62. The Kier molecular flexibility index (Phi) is 6.33. The number of likely N-dealkylation sites (tertiary alicyclic amines) is 1. The van der Waals surface area contributed by atoms with Gasteiger partial charge in [-0.05, 0) is 69.0 Å². The third kappa shape index (κ3) is 4.48. The van der Waals surface area contributed by atoms with Crippen LogP contribution in [0.1, 0.15) is 29.5 Å². The molecule has 2 aliphatic rings. The number of guanidine groups is 2. The molecule has 7 heteroatoms. The highest BCUT2D eigenvalue weighted by molar-refractivity contribution is 6.06. The summed E-state index contributed by atoms with van der Waals surface area (Å²) in [4.78, 5) is 13.7. The Bertz CT molecular complexity index is 915. The minimum Gasteiger partial charge on any atom is -0.368 e. The third-order valence-electron chi connectivity index (χ3n) is 5.43. The summed E-state index contributed by atoms with van der Waals surface area (Å²) in [6.07, 6.45) is 2.00. The Hall–Kier alpha value is -2.73. The van der Waals surface area contributed by atoms with Crippen molar-refractivity contribution < 1.29 is 0 Å². The summed E-state index contributed by atoms with van der Waals surface area (Å²) in [5.41, 5.74) is 11.9. The van der Waals surface area contributed by atoms with Crippen LogP contribution in [0.2, 0.25) is 0 Å². The van der Waals surface area contributed by atoms with Crippen LogP contribution in [0.4, 0.5) is 11.4 Å². The second-order valence-electron chi connectivity index (χ2n) is 7.62. The number of rotatable bonds is 3. The molecule has 6 nitrogen and oxygen atoms in total. The van der Waals surface area contributed by atoms with Crippen LogP contribution >= 0.6 is 12.4 Å². The van der Waals surface area contributed by atoms with Crippen molar-refractivity contribution in [2.24, 2.45) is 15.7 Å². The molecular weight excluding hydrogens is 384 g/mol. The second kappa shape index (κ2) is 8.74. The van der Waals surface area contributed by atoms with Crippen LogP contribution in [-0.2, 0) is 0 Å². The van der Waals surface area contributed by atoms with E-state index in [1.54, 1.807) is 0 Å². The summed E-state index contributed by atoms with van der Waals surface area (Å²) in [6.45, 7) is 8.31. The molecule has 2 aromatic rings. The van der Waals surface area contributed by atoms with Crippen LogP contribution in [0.5, 0.6) is 0 Å². The molecule has 0 saturated carbocycles. The molecule has 1 unspecified atom stereocenters. The van der Waals surface area contributed by atoms with Crippen LogP contribution in [0.3, 0.4) is 0 Å². The summed E-state index contributed by atoms with van der Waals surface area (Å²) in [5, 5.41) is 3.55. The zero-order valence-electron chi connectivity index (χ0n) is 17.2. The predicted octanol–water partition coefficient (Wildman–Crippen LogP) is 4.02. The highest BCUT2D eigenvalue weighted by atomic mass is 35.5. The molecule has 3 N–H and O–H groups in total. The van der Waals surface area contributed by atoms with Gasteiger partial charge in [0, 0.05) is 24.5 Å². The van der Waals surface area contributed by atoms with Gasteiger partial charge in [0.05, 0.1) is 0 Å². The van der Waals surface area contributed by atoms with E-state index < -0.39 is 0 Å². The third-order valence-corrected chi connectivity index (χ3v) is 5.43. The number of nitrogens with two attached hydrogens (primary N) is 1. The van der Waals surface area contributed by atoms with Crippen LogP contribution < -0.4 is 16.0 Å². The van der Waals surface area contributed by atoms with Crippen LogP contribution in [0.15, 0.2) is 52.4 Å². The van der Waals surface area contributed by atoms with E-state index in [2.05, 4.69) is 88.3 Å². The fourth-order valence-corrected chi connectivity index (χ4v) is 3.66. The number of benzene rings is 2. The van der Waals surface area contributed by atoms with Crippen LogP contribution in [0, 0.1) is 20.8 Å². The van der Waals surface area contributed by atoms with Gasteiger partial charge in [-0.15, -0.1) is 12.4 Å². The van der Waals surface area contributed by atoms with Gasteiger partial charge in [0.15, 0.2) is 0 Å². The molecule has 1 saturated heterocycles. The summed E-state index contributed by atoms with van der Waals surface area (Å²) in [5.74, 6) is 1.18. The number of halogens is 1. The molecule has 4 rings (SSSR count). The van der Waals surface area contributed by atoms with Crippen molar-refractivity contribution in [1.82, 2.24) is 4.90 Å². The molecule has 0 bridgehead atoms. The summed E-state index contributed by atoms with van der Waals surface area (Å²) >= 11 is 0. The molecule has 1 atom stereocenters. The first-order chi connectivity index (χ1) is 13.5. The van der Waals surface area contributed by atoms with Gasteiger partial charge in [0.2, 0.25) is 18.2 Å². The monoisotopic (exact) mass is 412 g/mol. The summed E-state index contributed by atoms with van der Waals surface area (Å²) in [6, 6.07) is 14.8. The lowest BCUT2D eigenvalue weighted by Crippen LogP contribution is -2.54. The Labute approximate surface area is 178 Å². The van der Waals surface area contributed by atoms with Crippen molar-refractivity contribution in [3.05, 3.63) is 59.2 Å². The minimum atomic E-state index is -0.349. The number of nitrogens with one attached hydrogen (secondary N) is 1. The Balaban J connectivity index is 0.00000240. The molecular formula is C22H29ClN6. The molecule has 0 aliphatic carbocycles. The van der Waals surface area contributed by atoms with Gasteiger partial charge in [0.25, 0.3) is 0 Å². The summed E-state index contributed by atoms with van der Waals surface area (Å²) in [7, 11) is 0. The number of aryl methyl sites for hydroxylation is 3. The van der Waals surface area contributed by atoms with E-state index in [4.69, 9.17) is 5.73 Å². The highest BCUT2D eigenvalue weighted by Gasteiger charge is 2.32. The molecule has 2 aromatic carbocycles. The minimum absolute atomic E-state index is 0. The van der Waals surface area contributed by atoms with E-state index in [0.29, 0.717) is 5.96 Å². The molecule has 154 valence electrons. The van der Waals surface area contributed by atoms with Gasteiger partial charge < -0.3 is 16.0 Å². The SMILES string of the molecule is Cc1ccc(N2C(N3CCCC3)=NC(N)=NC2Nc2ccc(C)c(C)c2)cc1.Cl. The van der Waals surface area contributed by atoms with Gasteiger partial charge in [-0.25, -0.2) is 4.99 Å². The van der Waals surface area contributed by atoms with Crippen molar-refractivity contribution in [3.8, 4) is 0 Å². The van der Waals surface area contributed by atoms with Crippen LogP contribution in [0.25, 0.3) is 0 Å². The van der Waals surface area contributed by atoms with Gasteiger partial charge in [0.1, 0.15) is 0 Å². The van der Waals surface area contributed by atoms with E-state index in [-0.39, 0.29) is 18.7 Å². The largest absolute Gasteiger partial charge is 0.368 e. The topological polar surface area (TPSA) is 69.2 Å². The molecule has 2 heterocycles. The Morgan fingerprint density at radius 3 is 2.31 bits per heavy atom. The average molecular weight is 413 g/mol. The molecule has 0 amide bonds. The fourth-order valence-electron chi connectivity index (χ4n) is 3.66. The maximum absolute atomic E-state index is 6.12. The highest BCUT2D eigenvalue weighted by Crippen LogP contribution is 2.26. The molecule has 29 heavy (non-hydrogen) atoms. The maximum Gasteiger partial charge on any atom is 0.222 e. The van der Waals surface area contributed by atoms with E-state index in [0.717, 1.165) is 30.4 Å². The number of anilines is 2. The van der Waals surface area contributed by atoms with E-state index >= 15 is 0 Å². The zero-order valence-corrected chi connectivity index (χ0v) is 18.0. The van der Waals surface area contributed by atoms with E-state index in [9.17, 15) is 0 Å². The van der Waals surface area contributed by atoms with Gasteiger partial charge in [-0.2, -0.15) is 4.99 Å². The van der Waals surface area contributed by atoms with E-state index in [1.165, 1.54) is 29.5 Å². The molecule has 0 spiro atoms. The molecule has 1 fully saturated rings. The lowest BCUT2D eigenvalue weighted by Gasteiger charge is -2.38. The lowest BCUT2D eigenvalue weighted by molar-refractivity contribution is 0.497. The van der Waals surface area contributed by atoms with Crippen molar-refractivity contribution in [3.63, 3.8) is 0 Å². The molecule has 0 aromatic heterocycles. The smallest absolute Gasteiger partial charge is 0.222 e. The maximum atomic E-state index is 6.12. The molecule has 0 radical (unpaired) electrons. The van der Waals surface area contributed by atoms with Gasteiger partial charge in [-0.1, -0.05) is 23.8 Å². The van der Waals surface area contributed by atoms with Crippen molar-refractivity contribution >= 4 is 35.7 Å². The first kappa shape index (κ1) is 21.0. The first-order valence-corrected chi connectivity index (χ1v) is 9.88. The van der Waals surface area contributed by atoms with Gasteiger partial charge in [-0.3, -0.25) is 4.90 Å².